The van der Waals surface area contributed by atoms with Gasteiger partial charge < -0.3 is 5.11 Å². The average molecular weight is 158 g/mol. The minimum Gasteiger partial charge on any atom is -0.396 e. The molecule has 1 nitrogen and oxygen atoms in total. The van der Waals surface area contributed by atoms with Crippen LogP contribution in [0, 0.1) is 17.3 Å². The lowest BCUT2D eigenvalue weighted by molar-refractivity contribution is 0.0760. The van der Waals surface area contributed by atoms with Crippen molar-refractivity contribution in [3.8, 4) is 0 Å². The summed E-state index contributed by atoms with van der Waals surface area (Å²) in [6.45, 7) is 11.3. The maximum absolute atomic E-state index is 9.16. The summed E-state index contributed by atoms with van der Waals surface area (Å²) in [7, 11) is 0. The van der Waals surface area contributed by atoms with Crippen LogP contribution < -0.4 is 0 Å². The smallest absolute Gasteiger partial charge is 0.0466 e. The summed E-state index contributed by atoms with van der Waals surface area (Å²) in [5.41, 5.74) is 0.281. The molecule has 68 valence electrons. The molecule has 0 radical (unpaired) electrons. The van der Waals surface area contributed by atoms with Crippen molar-refractivity contribution in [1.82, 2.24) is 0 Å². The van der Waals surface area contributed by atoms with Gasteiger partial charge in [0.2, 0.25) is 0 Å². The van der Waals surface area contributed by atoms with Crippen molar-refractivity contribution in [3.05, 3.63) is 0 Å². The number of rotatable bonds is 4. The normalized spacial score (nSPS) is 15.5. The summed E-state index contributed by atoms with van der Waals surface area (Å²) in [5.74, 6) is 1.02. The molecule has 1 atom stereocenters. The van der Waals surface area contributed by atoms with E-state index in [0.717, 1.165) is 6.42 Å². The molecule has 0 bridgehead atoms. The SMILES string of the molecule is CCC(C)(C)[C@@H](CO)C(C)C. The van der Waals surface area contributed by atoms with Crippen LogP contribution >= 0.6 is 0 Å². The highest BCUT2D eigenvalue weighted by molar-refractivity contribution is 4.78. The van der Waals surface area contributed by atoms with Gasteiger partial charge in [0.25, 0.3) is 0 Å². The summed E-state index contributed by atoms with van der Waals surface area (Å²) in [4.78, 5) is 0. The third-order valence-corrected chi connectivity index (χ3v) is 2.92. The van der Waals surface area contributed by atoms with Crippen LogP contribution in [-0.4, -0.2) is 11.7 Å². The number of hydrogen-bond donors (Lipinski definition) is 1. The fraction of sp³-hybridized carbons (Fsp3) is 1.00. The van der Waals surface area contributed by atoms with Crippen molar-refractivity contribution in [3.63, 3.8) is 0 Å². The molecule has 1 heteroatoms. The standard InChI is InChI=1S/C10H22O/c1-6-10(4,5)9(7-11)8(2)3/h8-9,11H,6-7H2,1-5H3/t9-/m0/s1. The Balaban J connectivity index is 4.23. The zero-order valence-corrected chi connectivity index (χ0v) is 8.52. The largest absolute Gasteiger partial charge is 0.396 e. The molecule has 0 unspecified atom stereocenters. The van der Waals surface area contributed by atoms with Crippen LogP contribution in [-0.2, 0) is 0 Å². The van der Waals surface area contributed by atoms with E-state index >= 15 is 0 Å². The van der Waals surface area contributed by atoms with Crippen LogP contribution in [0.15, 0.2) is 0 Å². The van der Waals surface area contributed by atoms with E-state index in [-0.39, 0.29) is 5.41 Å². The molecule has 0 saturated heterocycles. The van der Waals surface area contributed by atoms with Gasteiger partial charge in [0, 0.05) is 6.61 Å². The molecule has 0 aliphatic rings. The Kier molecular flexibility index (Phi) is 4.09. The number of aliphatic hydroxyl groups is 1. The molecule has 0 fully saturated rings. The molecule has 0 aliphatic carbocycles. The van der Waals surface area contributed by atoms with E-state index in [1.165, 1.54) is 0 Å². The van der Waals surface area contributed by atoms with Gasteiger partial charge in [-0.1, -0.05) is 41.0 Å². The van der Waals surface area contributed by atoms with E-state index in [9.17, 15) is 0 Å². The second kappa shape index (κ2) is 4.10. The highest BCUT2D eigenvalue weighted by atomic mass is 16.3. The van der Waals surface area contributed by atoms with E-state index in [1.54, 1.807) is 0 Å². The van der Waals surface area contributed by atoms with Gasteiger partial charge in [-0.05, 0) is 17.3 Å². The topological polar surface area (TPSA) is 20.2 Å². The molecule has 0 rings (SSSR count). The lowest BCUT2D eigenvalue weighted by atomic mass is 9.72. The highest BCUT2D eigenvalue weighted by Gasteiger charge is 2.29. The van der Waals surface area contributed by atoms with Gasteiger partial charge in [-0.2, -0.15) is 0 Å². The number of hydrogen-bond acceptors (Lipinski definition) is 1. The summed E-state index contributed by atoms with van der Waals surface area (Å²) in [5, 5.41) is 9.16. The van der Waals surface area contributed by atoms with Crippen LogP contribution in [0.5, 0.6) is 0 Å². The van der Waals surface area contributed by atoms with E-state index in [0.29, 0.717) is 18.4 Å². The maximum Gasteiger partial charge on any atom is 0.0466 e. The van der Waals surface area contributed by atoms with Crippen molar-refractivity contribution in [2.24, 2.45) is 17.3 Å². The molecular weight excluding hydrogens is 136 g/mol. The fourth-order valence-electron chi connectivity index (χ4n) is 1.62. The molecule has 1 N–H and O–H groups in total. The van der Waals surface area contributed by atoms with Crippen molar-refractivity contribution >= 4 is 0 Å². The minimum absolute atomic E-state index is 0.281. The van der Waals surface area contributed by atoms with Crippen molar-refractivity contribution in [1.29, 1.82) is 0 Å². The fourth-order valence-corrected chi connectivity index (χ4v) is 1.62. The lowest BCUT2D eigenvalue weighted by Crippen LogP contribution is -2.30. The summed E-state index contributed by atoms with van der Waals surface area (Å²) < 4.78 is 0. The highest BCUT2D eigenvalue weighted by Crippen LogP contribution is 2.34. The van der Waals surface area contributed by atoms with Crippen molar-refractivity contribution < 1.29 is 5.11 Å². The van der Waals surface area contributed by atoms with Gasteiger partial charge in [-0.3, -0.25) is 0 Å². The van der Waals surface area contributed by atoms with Crippen LogP contribution in [0.2, 0.25) is 0 Å². The summed E-state index contributed by atoms with van der Waals surface area (Å²) >= 11 is 0. The zero-order valence-electron chi connectivity index (χ0n) is 8.52. The zero-order chi connectivity index (χ0) is 9.07. The van der Waals surface area contributed by atoms with Gasteiger partial charge >= 0.3 is 0 Å². The Morgan fingerprint density at radius 3 is 1.82 bits per heavy atom. The Labute approximate surface area is 70.8 Å². The van der Waals surface area contributed by atoms with E-state index < -0.39 is 0 Å². The Morgan fingerprint density at radius 2 is 1.73 bits per heavy atom. The molecule has 0 aromatic carbocycles. The van der Waals surface area contributed by atoms with Gasteiger partial charge in [0.05, 0.1) is 0 Å². The van der Waals surface area contributed by atoms with Gasteiger partial charge in [0.1, 0.15) is 0 Å². The molecule has 0 aromatic heterocycles. The second-order valence-electron chi connectivity index (χ2n) is 4.38. The van der Waals surface area contributed by atoms with E-state index in [2.05, 4.69) is 34.6 Å². The first-order chi connectivity index (χ1) is 4.95. The second-order valence-corrected chi connectivity index (χ2v) is 4.38. The van der Waals surface area contributed by atoms with Crippen LogP contribution in [0.3, 0.4) is 0 Å². The van der Waals surface area contributed by atoms with Crippen LogP contribution in [0.1, 0.15) is 41.0 Å². The summed E-state index contributed by atoms with van der Waals surface area (Å²) in [6, 6.07) is 0. The van der Waals surface area contributed by atoms with Gasteiger partial charge in [0.15, 0.2) is 0 Å². The molecule has 0 aliphatic heterocycles. The monoisotopic (exact) mass is 158 g/mol. The predicted octanol–water partition coefficient (Wildman–Crippen LogP) is 2.69. The molecular formula is C10H22O. The first-order valence-corrected chi connectivity index (χ1v) is 4.56. The quantitative estimate of drug-likeness (QED) is 0.667. The van der Waals surface area contributed by atoms with E-state index in [1.807, 2.05) is 0 Å². The molecule has 11 heavy (non-hydrogen) atoms. The lowest BCUT2D eigenvalue weighted by Gasteiger charge is -2.35. The predicted molar refractivity (Wildman–Crippen MR) is 49.5 cm³/mol. The Hall–Kier alpha value is -0.0400. The molecule has 0 saturated carbocycles. The van der Waals surface area contributed by atoms with E-state index in [4.69, 9.17) is 5.11 Å². The van der Waals surface area contributed by atoms with Crippen molar-refractivity contribution in [2.75, 3.05) is 6.61 Å². The third kappa shape index (κ3) is 2.82. The Morgan fingerprint density at radius 1 is 1.27 bits per heavy atom. The number of aliphatic hydroxyl groups excluding tert-OH is 1. The van der Waals surface area contributed by atoms with Gasteiger partial charge in [-0.25, -0.2) is 0 Å². The molecule has 0 spiro atoms. The van der Waals surface area contributed by atoms with Gasteiger partial charge in [-0.15, -0.1) is 0 Å². The molecule has 0 heterocycles. The minimum atomic E-state index is 0.281. The maximum atomic E-state index is 9.16. The average Bonchev–Trinajstić information content (AvgIpc) is 1.88. The Bertz CT molecular complexity index is 105. The third-order valence-electron chi connectivity index (χ3n) is 2.92. The first kappa shape index (κ1) is 11.0. The van der Waals surface area contributed by atoms with Crippen LogP contribution in [0.4, 0.5) is 0 Å². The first-order valence-electron chi connectivity index (χ1n) is 4.56. The van der Waals surface area contributed by atoms with Crippen molar-refractivity contribution in [2.45, 2.75) is 41.0 Å². The molecule has 0 amide bonds. The van der Waals surface area contributed by atoms with Crippen LogP contribution in [0.25, 0.3) is 0 Å². The molecule has 0 aromatic rings. The summed E-state index contributed by atoms with van der Waals surface area (Å²) in [6.07, 6.45) is 1.14.